The molecule has 0 aromatic carbocycles. The van der Waals surface area contributed by atoms with Crippen LogP contribution in [0.3, 0.4) is 0 Å². The Bertz CT molecular complexity index is 771. The van der Waals surface area contributed by atoms with Crippen LogP contribution in [0, 0.1) is 0 Å². The van der Waals surface area contributed by atoms with Crippen molar-refractivity contribution in [1.29, 1.82) is 0 Å². The smallest absolute Gasteiger partial charge is 0.0783 e. The number of allylic oxidation sites excluding steroid dienone is 2. The number of halogens is 2. The van der Waals surface area contributed by atoms with Gasteiger partial charge in [0.15, 0.2) is 0 Å². The second-order valence-electron chi connectivity index (χ2n) is 4.37. The van der Waals surface area contributed by atoms with Crippen LogP contribution in [0.1, 0.15) is 9.75 Å². The van der Waals surface area contributed by atoms with E-state index in [1.54, 1.807) is 22.7 Å². The third-order valence-electron chi connectivity index (χ3n) is 3.14. The zero-order valence-electron chi connectivity index (χ0n) is 10.6. The number of hydrogen-bond donors (Lipinski definition) is 2. The fourth-order valence-electron chi connectivity index (χ4n) is 2.17. The van der Waals surface area contributed by atoms with Gasteiger partial charge in [0.1, 0.15) is 0 Å². The molecule has 2 N–H and O–H groups in total. The van der Waals surface area contributed by atoms with Crippen LogP contribution >= 0.6 is 67.3 Å². The molecule has 2 aromatic rings. The van der Waals surface area contributed by atoms with Crippen molar-refractivity contribution in [3.63, 3.8) is 0 Å². The zero-order valence-corrected chi connectivity index (χ0v) is 16.3. The summed E-state index contributed by atoms with van der Waals surface area (Å²) in [5, 5.41) is 0. The number of nitrogens with zero attached hydrogens (tertiary/aromatic N) is 1. The Morgan fingerprint density at radius 1 is 1.00 bits per heavy atom. The van der Waals surface area contributed by atoms with Gasteiger partial charge in [0.25, 0.3) is 0 Å². The SMILES string of the molecule is NC1C(c2ccc(Br)s2)=CC=C(c2ccc(Br)s2)/C1=N/S. The molecule has 0 saturated heterocycles. The molecule has 7 heteroatoms. The maximum absolute atomic E-state index is 6.41. The quantitative estimate of drug-likeness (QED) is 0.575. The van der Waals surface area contributed by atoms with Gasteiger partial charge >= 0.3 is 0 Å². The lowest BCUT2D eigenvalue weighted by atomic mass is 9.90. The average molecular weight is 462 g/mol. The highest BCUT2D eigenvalue weighted by atomic mass is 79.9. The van der Waals surface area contributed by atoms with E-state index in [9.17, 15) is 0 Å². The van der Waals surface area contributed by atoms with Gasteiger partial charge in [-0.05, 0) is 74.5 Å². The lowest BCUT2D eigenvalue weighted by Gasteiger charge is -2.22. The Balaban J connectivity index is 2.07. The fraction of sp³-hybridized carbons (Fsp3) is 0.0714. The zero-order chi connectivity index (χ0) is 15.0. The monoisotopic (exact) mass is 460 g/mol. The second-order valence-corrected chi connectivity index (χ2v) is 9.50. The van der Waals surface area contributed by atoms with Crippen molar-refractivity contribution in [3.05, 3.63) is 53.7 Å². The summed E-state index contributed by atoms with van der Waals surface area (Å²) in [6, 6.07) is 7.91. The molecule has 0 aliphatic heterocycles. The summed E-state index contributed by atoms with van der Waals surface area (Å²) in [7, 11) is 0. The molecule has 0 amide bonds. The van der Waals surface area contributed by atoms with Crippen molar-refractivity contribution in [3.8, 4) is 0 Å². The van der Waals surface area contributed by atoms with Crippen molar-refractivity contribution in [2.45, 2.75) is 6.04 Å². The van der Waals surface area contributed by atoms with E-state index in [2.05, 4.69) is 73.4 Å². The molecule has 0 spiro atoms. The molecule has 2 heterocycles. The van der Waals surface area contributed by atoms with E-state index in [-0.39, 0.29) is 6.04 Å². The molecule has 0 bridgehead atoms. The first-order chi connectivity index (χ1) is 10.1. The highest BCUT2D eigenvalue weighted by Crippen LogP contribution is 2.37. The summed E-state index contributed by atoms with van der Waals surface area (Å²) in [4.78, 5) is 2.28. The third-order valence-corrected chi connectivity index (χ3v) is 6.68. The number of nitrogens with two attached hydrogens (primary N) is 1. The molecule has 21 heavy (non-hydrogen) atoms. The normalized spacial score (nSPS) is 20.6. The van der Waals surface area contributed by atoms with Gasteiger partial charge in [0.05, 0.1) is 19.3 Å². The third kappa shape index (κ3) is 3.13. The molecule has 108 valence electrons. The van der Waals surface area contributed by atoms with Crippen molar-refractivity contribution in [2.75, 3.05) is 0 Å². The first-order valence-electron chi connectivity index (χ1n) is 6.01. The largest absolute Gasteiger partial charge is 0.319 e. The Morgan fingerprint density at radius 2 is 1.62 bits per heavy atom. The van der Waals surface area contributed by atoms with Gasteiger partial charge in [-0.3, -0.25) is 0 Å². The van der Waals surface area contributed by atoms with Gasteiger partial charge in [-0.25, -0.2) is 4.40 Å². The predicted molar refractivity (Wildman–Crippen MR) is 104 cm³/mol. The molecule has 1 atom stereocenters. The lowest BCUT2D eigenvalue weighted by molar-refractivity contribution is 1.11. The van der Waals surface area contributed by atoms with E-state index < -0.39 is 0 Å². The molecule has 2 nitrogen and oxygen atoms in total. The summed E-state index contributed by atoms with van der Waals surface area (Å²) in [6.45, 7) is 0. The highest BCUT2D eigenvalue weighted by Gasteiger charge is 2.26. The van der Waals surface area contributed by atoms with Gasteiger partial charge in [-0.1, -0.05) is 12.2 Å². The maximum Gasteiger partial charge on any atom is 0.0783 e. The molecule has 0 fully saturated rings. The van der Waals surface area contributed by atoms with Crippen molar-refractivity contribution < 1.29 is 0 Å². The van der Waals surface area contributed by atoms with Gasteiger partial charge < -0.3 is 5.73 Å². The first kappa shape index (κ1) is 15.7. The van der Waals surface area contributed by atoms with Crippen LogP contribution in [-0.2, 0) is 0 Å². The Morgan fingerprint density at radius 3 is 2.14 bits per heavy atom. The second kappa shape index (κ2) is 6.52. The number of hydrogen-bond acceptors (Lipinski definition) is 5. The average Bonchev–Trinajstić information content (AvgIpc) is 3.07. The van der Waals surface area contributed by atoms with Gasteiger partial charge in [0, 0.05) is 15.3 Å². The van der Waals surface area contributed by atoms with E-state index in [0.717, 1.165) is 34.2 Å². The van der Waals surface area contributed by atoms with E-state index in [4.69, 9.17) is 5.73 Å². The molecular formula is C14H10Br2N2S3. The Labute approximate surface area is 153 Å². The van der Waals surface area contributed by atoms with Gasteiger partial charge in [-0.15, -0.1) is 22.7 Å². The minimum absolute atomic E-state index is 0.270. The van der Waals surface area contributed by atoms with Crippen LogP contribution in [0.5, 0.6) is 0 Å². The molecule has 0 radical (unpaired) electrons. The lowest BCUT2D eigenvalue weighted by Crippen LogP contribution is -2.33. The topological polar surface area (TPSA) is 38.4 Å². The molecule has 1 aliphatic rings. The molecule has 2 aromatic heterocycles. The molecular weight excluding hydrogens is 452 g/mol. The van der Waals surface area contributed by atoms with Crippen molar-refractivity contribution in [1.82, 2.24) is 0 Å². The maximum atomic E-state index is 6.41. The van der Waals surface area contributed by atoms with Crippen LogP contribution in [0.25, 0.3) is 11.1 Å². The van der Waals surface area contributed by atoms with Gasteiger partial charge in [-0.2, -0.15) is 0 Å². The van der Waals surface area contributed by atoms with Crippen molar-refractivity contribution >= 4 is 84.2 Å². The summed E-state index contributed by atoms with van der Waals surface area (Å²) in [6.07, 6.45) is 4.15. The van der Waals surface area contributed by atoms with E-state index >= 15 is 0 Å². The van der Waals surface area contributed by atoms with Crippen molar-refractivity contribution in [2.24, 2.45) is 10.1 Å². The molecule has 1 aliphatic carbocycles. The van der Waals surface area contributed by atoms with E-state index in [1.807, 2.05) is 12.1 Å². The molecule has 1 unspecified atom stereocenters. The van der Waals surface area contributed by atoms with Crippen LogP contribution < -0.4 is 5.73 Å². The number of thiophene rings is 2. The fourth-order valence-corrected chi connectivity index (χ4v) is 5.27. The Kier molecular flexibility index (Phi) is 4.87. The van der Waals surface area contributed by atoms with Crippen LogP contribution in [0.4, 0.5) is 0 Å². The van der Waals surface area contributed by atoms with Gasteiger partial charge in [0.2, 0.25) is 0 Å². The summed E-state index contributed by atoms with van der Waals surface area (Å²) < 4.78 is 6.31. The summed E-state index contributed by atoms with van der Waals surface area (Å²) >= 11 is 14.4. The highest BCUT2D eigenvalue weighted by molar-refractivity contribution is 9.11. The predicted octanol–water partition coefficient (Wildman–Crippen LogP) is 5.43. The van der Waals surface area contributed by atoms with Crippen LogP contribution in [0.15, 0.2) is 48.4 Å². The summed E-state index contributed by atoms with van der Waals surface area (Å²) in [5.74, 6) is 0. The number of thiol groups is 1. The van der Waals surface area contributed by atoms with Crippen LogP contribution in [-0.4, -0.2) is 11.8 Å². The standard InChI is InChI=1S/C14H10Br2N2S3/c15-11-5-3-9(20-11)7-1-2-8(14(18-19)13(7)17)10-4-6-12(16)21-10/h1-6,13,19H,17H2/b18-14-. The molecule has 0 saturated carbocycles. The van der Waals surface area contributed by atoms with E-state index in [0.29, 0.717) is 0 Å². The van der Waals surface area contributed by atoms with Crippen LogP contribution in [0.2, 0.25) is 0 Å². The summed E-state index contributed by atoms with van der Waals surface area (Å²) in [5.41, 5.74) is 9.31. The number of rotatable bonds is 2. The molecule has 3 rings (SSSR count). The van der Waals surface area contributed by atoms with E-state index in [1.165, 1.54) is 0 Å². The first-order valence-corrected chi connectivity index (χ1v) is 9.63. The Hall–Kier alpha value is -0.180. The minimum Gasteiger partial charge on any atom is -0.319 e. The minimum atomic E-state index is -0.270.